The Kier molecular flexibility index (Phi) is 6.09. The first-order chi connectivity index (χ1) is 9.67. The van der Waals surface area contributed by atoms with Gasteiger partial charge in [-0.25, -0.2) is 0 Å². The van der Waals surface area contributed by atoms with Crippen molar-refractivity contribution in [2.75, 3.05) is 0 Å². The van der Waals surface area contributed by atoms with E-state index in [2.05, 4.69) is 34.9 Å². The lowest BCUT2D eigenvalue weighted by molar-refractivity contribution is 0.0644. The maximum atomic E-state index is 10.7. The first kappa shape index (κ1) is 16.0. The Morgan fingerprint density at radius 3 is 2.65 bits per heavy atom. The molecule has 1 aliphatic rings. The molecule has 1 N–H and O–H groups in total. The van der Waals surface area contributed by atoms with Gasteiger partial charge in [-0.2, -0.15) is 5.10 Å². The van der Waals surface area contributed by atoms with E-state index in [1.165, 1.54) is 32.1 Å². The van der Waals surface area contributed by atoms with Gasteiger partial charge >= 0.3 is 0 Å². The van der Waals surface area contributed by atoms with Crippen molar-refractivity contribution >= 4 is 15.9 Å². The number of rotatable bonds is 6. The number of aromatic nitrogens is 2. The molecule has 0 bridgehead atoms. The van der Waals surface area contributed by atoms with E-state index in [0.717, 1.165) is 35.5 Å². The van der Waals surface area contributed by atoms with Crippen molar-refractivity contribution in [3.63, 3.8) is 0 Å². The maximum Gasteiger partial charge on any atom is 0.0996 e. The third kappa shape index (κ3) is 3.64. The third-order valence-corrected chi connectivity index (χ3v) is 5.33. The Balaban J connectivity index is 1.94. The van der Waals surface area contributed by atoms with Gasteiger partial charge in [-0.05, 0) is 47.5 Å². The van der Waals surface area contributed by atoms with Crippen molar-refractivity contribution in [3.05, 3.63) is 16.4 Å². The molecule has 1 aromatic rings. The summed E-state index contributed by atoms with van der Waals surface area (Å²) < 4.78 is 2.86. The molecule has 4 heteroatoms. The fourth-order valence-electron chi connectivity index (χ4n) is 3.43. The maximum absolute atomic E-state index is 10.7. The molecule has 1 saturated carbocycles. The monoisotopic (exact) mass is 342 g/mol. The summed E-state index contributed by atoms with van der Waals surface area (Å²) in [5.41, 5.74) is 0.963. The predicted molar refractivity (Wildman–Crippen MR) is 85.5 cm³/mol. The van der Waals surface area contributed by atoms with Gasteiger partial charge in [-0.1, -0.05) is 39.0 Å². The number of hydrogen-bond donors (Lipinski definition) is 1. The van der Waals surface area contributed by atoms with Gasteiger partial charge in [0.05, 0.1) is 22.5 Å². The molecule has 3 nitrogen and oxygen atoms in total. The molecule has 1 unspecified atom stereocenters. The van der Waals surface area contributed by atoms with E-state index in [1.807, 2.05) is 4.68 Å². The smallest absolute Gasteiger partial charge is 0.0996 e. The fraction of sp³-hybridized carbons (Fsp3) is 0.812. The Bertz CT molecular complexity index is 411. The molecule has 1 aliphatic carbocycles. The molecule has 1 atom stereocenters. The topological polar surface area (TPSA) is 38.1 Å². The molecule has 114 valence electrons. The van der Waals surface area contributed by atoms with Gasteiger partial charge in [-0.15, -0.1) is 0 Å². The molecule has 0 aliphatic heterocycles. The molecule has 20 heavy (non-hydrogen) atoms. The Hall–Kier alpha value is -0.350. The number of unbranched alkanes of at least 4 members (excludes halogenated alkanes) is 1. The van der Waals surface area contributed by atoms with Gasteiger partial charge in [0, 0.05) is 6.54 Å². The van der Waals surface area contributed by atoms with Crippen LogP contribution in [0.5, 0.6) is 0 Å². The van der Waals surface area contributed by atoms with Crippen LogP contribution in [0.3, 0.4) is 0 Å². The van der Waals surface area contributed by atoms with Gasteiger partial charge in [0.2, 0.25) is 0 Å². The molecular formula is C16H27BrN2O. The van der Waals surface area contributed by atoms with Gasteiger partial charge < -0.3 is 5.11 Å². The second kappa shape index (κ2) is 7.60. The van der Waals surface area contributed by atoms with Crippen LogP contribution < -0.4 is 0 Å². The first-order valence-corrected chi connectivity index (χ1v) is 8.85. The van der Waals surface area contributed by atoms with Gasteiger partial charge in [-0.3, -0.25) is 4.68 Å². The number of nitrogens with zero attached hydrogens (tertiary/aromatic N) is 2. The summed E-state index contributed by atoms with van der Waals surface area (Å²) >= 11 is 3.53. The minimum absolute atomic E-state index is 0.376. The summed E-state index contributed by atoms with van der Waals surface area (Å²) in [6.07, 6.45) is 10.3. The third-order valence-electron chi connectivity index (χ3n) is 4.72. The van der Waals surface area contributed by atoms with Crippen molar-refractivity contribution in [1.29, 1.82) is 0 Å². The van der Waals surface area contributed by atoms with E-state index in [9.17, 15) is 5.11 Å². The summed E-state index contributed by atoms with van der Waals surface area (Å²) in [5, 5.41) is 15.0. The van der Waals surface area contributed by atoms with Gasteiger partial charge in [0.1, 0.15) is 0 Å². The largest absolute Gasteiger partial charge is 0.386 e. The standard InChI is InChI=1S/C16H27BrN2O/c1-3-5-6-12-7-9-13(10-8-12)16(20)15-14(17)11-18-19(15)4-2/h11-13,16,20H,3-10H2,1-2H3. The first-order valence-electron chi connectivity index (χ1n) is 8.06. The minimum atomic E-state index is -0.376. The molecule has 0 saturated heterocycles. The fourth-order valence-corrected chi connectivity index (χ4v) is 3.96. The predicted octanol–water partition coefficient (Wildman–Crippen LogP) is 4.70. The van der Waals surface area contributed by atoms with Crippen LogP contribution in [-0.4, -0.2) is 14.9 Å². The Morgan fingerprint density at radius 2 is 2.05 bits per heavy atom. The van der Waals surface area contributed by atoms with Crippen LogP contribution >= 0.6 is 15.9 Å². The second-order valence-electron chi connectivity index (χ2n) is 6.06. The van der Waals surface area contributed by atoms with Crippen LogP contribution in [0.4, 0.5) is 0 Å². The highest BCUT2D eigenvalue weighted by Crippen LogP contribution is 2.40. The van der Waals surface area contributed by atoms with Crippen LogP contribution in [0.15, 0.2) is 10.7 Å². The van der Waals surface area contributed by atoms with E-state index in [0.29, 0.717) is 5.92 Å². The number of aryl methyl sites for hydroxylation is 1. The number of aliphatic hydroxyl groups excluding tert-OH is 1. The summed E-state index contributed by atoms with van der Waals surface area (Å²) in [5.74, 6) is 1.28. The summed E-state index contributed by atoms with van der Waals surface area (Å²) in [7, 11) is 0. The second-order valence-corrected chi connectivity index (χ2v) is 6.92. The van der Waals surface area contributed by atoms with Crippen LogP contribution in [0.25, 0.3) is 0 Å². The highest BCUT2D eigenvalue weighted by atomic mass is 79.9. The zero-order chi connectivity index (χ0) is 14.5. The molecule has 1 fully saturated rings. The molecule has 0 radical (unpaired) electrons. The molecule has 0 amide bonds. The van der Waals surface area contributed by atoms with Crippen molar-refractivity contribution in [2.24, 2.45) is 11.8 Å². The van der Waals surface area contributed by atoms with Gasteiger partial charge in [0.15, 0.2) is 0 Å². The highest BCUT2D eigenvalue weighted by Gasteiger charge is 2.30. The van der Waals surface area contributed by atoms with E-state index < -0.39 is 0 Å². The van der Waals surface area contributed by atoms with Crippen LogP contribution in [0.2, 0.25) is 0 Å². The van der Waals surface area contributed by atoms with Crippen molar-refractivity contribution < 1.29 is 5.11 Å². The average molecular weight is 343 g/mol. The number of halogens is 1. The molecule has 0 aromatic carbocycles. The minimum Gasteiger partial charge on any atom is -0.386 e. The van der Waals surface area contributed by atoms with E-state index in [-0.39, 0.29) is 6.10 Å². The normalized spacial score (nSPS) is 24.8. The lowest BCUT2D eigenvalue weighted by Gasteiger charge is -2.32. The summed E-state index contributed by atoms with van der Waals surface area (Å²) in [6, 6.07) is 0. The SMILES string of the molecule is CCCCC1CCC(C(O)c2c(Br)cnn2CC)CC1. The number of aliphatic hydroxyl groups is 1. The van der Waals surface area contributed by atoms with E-state index in [1.54, 1.807) is 6.20 Å². The number of hydrogen-bond acceptors (Lipinski definition) is 2. The van der Waals surface area contributed by atoms with Gasteiger partial charge in [0.25, 0.3) is 0 Å². The zero-order valence-corrected chi connectivity index (χ0v) is 14.3. The zero-order valence-electron chi connectivity index (χ0n) is 12.7. The average Bonchev–Trinajstić information content (AvgIpc) is 2.86. The van der Waals surface area contributed by atoms with Crippen LogP contribution in [-0.2, 0) is 6.54 Å². The van der Waals surface area contributed by atoms with E-state index in [4.69, 9.17) is 0 Å². The summed E-state index contributed by atoms with van der Waals surface area (Å²) in [6.45, 7) is 5.14. The molecular weight excluding hydrogens is 316 g/mol. The molecule has 2 rings (SSSR count). The Morgan fingerprint density at radius 1 is 1.35 bits per heavy atom. The Labute approximate surface area is 130 Å². The summed E-state index contributed by atoms with van der Waals surface area (Å²) in [4.78, 5) is 0. The van der Waals surface area contributed by atoms with Crippen molar-refractivity contribution in [2.45, 2.75) is 71.4 Å². The quantitative estimate of drug-likeness (QED) is 0.813. The van der Waals surface area contributed by atoms with Crippen LogP contribution in [0.1, 0.15) is 70.6 Å². The molecule has 1 heterocycles. The highest BCUT2D eigenvalue weighted by molar-refractivity contribution is 9.10. The van der Waals surface area contributed by atoms with Crippen LogP contribution in [0, 0.1) is 11.8 Å². The van der Waals surface area contributed by atoms with Crippen molar-refractivity contribution in [1.82, 2.24) is 9.78 Å². The molecule has 0 spiro atoms. The van der Waals surface area contributed by atoms with E-state index >= 15 is 0 Å². The van der Waals surface area contributed by atoms with Crippen molar-refractivity contribution in [3.8, 4) is 0 Å². The lowest BCUT2D eigenvalue weighted by atomic mass is 9.77. The molecule has 1 aromatic heterocycles. The lowest BCUT2D eigenvalue weighted by Crippen LogP contribution is -2.22.